The third-order valence-corrected chi connectivity index (χ3v) is 2.21. The van der Waals surface area contributed by atoms with Gasteiger partial charge >= 0.3 is 0 Å². The maximum atomic E-state index is 9.00. The lowest BCUT2D eigenvalue weighted by molar-refractivity contribution is -0.134. The monoisotopic (exact) mass is 278 g/mol. The van der Waals surface area contributed by atoms with E-state index in [0.717, 1.165) is 38.4 Å². The fraction of sp³-hybridized carbons (Fsp3) is 0.438. The SMILES string of the molecule is CC(=O)O.COCCc1cccc(C#CCCCO)c1. The number of methoxy groups -OCH3 is 1. The first-order valence-corrected chi connectivity index (χ1v) is 6.47. The average Bonchev–Trinajstić information content (AvgIpc) is 2.41. The molecule has 0 saturated heterocycles. The van der Waals surface area contributed by atoms with Gasteiger partial charge in [0.25, 0.3) is 5.97 Å². The number of aliphatic carboxylic acids is 1. The number of ether oxygens (including phenoxy) is 1. The van der Waals surface area contributed by atoms with Crippen LogP contribution in [0.2, 0.25) is 0 Å². The number of hydrogen-bond donors (Lipinski definition) is 2. The summed E-state index contributed by atoms with van der Waals surface area (Å²) in [5, 5.41) is 16.0. The Morgan fingerprint density at radius 2 is 2.10 bits per heavy atom. The Balaban J connectivity index is 0.000000796. The lowest BCUT2D eigenvalue weighted by atomic mass is 10.1. The van der Waals surface area contributed by atoms with Crippen LogP contribution >= 0.6 is 0 Å². The summed E-state index contributed by atoms with van der Waals surface area (Å²) in [5.74, 6) is 5.31. The summed E-state index contributed by atoms with van der Waals surface area (Å²) < 4.78 is 5.03. The molecule has 0 bridgehead atoms. The van der Waals surface area contributed by atoms with E-state index in [2.05, 4.69) is 24.0 Å². The molecule has 0 spiro atoms. The Hall–Kier alpha value is -1.83. The van der Waals surface area contributed by atoms with Crippen LogP contribution in [-0.4, -0.2) is 36.5 Å². The fourth-order valence-corrected chi connectivity index (χ4v) is 1.36. The maximum absolute atomic E-state index is 9.00. The minimum atomic E-state index is -0.833. The van der Waals surface area contributed by atoms with Crippen molar-refractivity contribution >= 4 is 5.97 Å². The van der Waals surface area contributed by atoms with Gasteiger partial charge in [0, 0.05) is 32.6 Å². The van der Waals surface area contributed by atoms with Crippen LogP contribution in [0, 0.1) is 11.8 Å². The third kappa shape index (κ3) is 11.3. The largest absolute Gasteiger partial charge is 0.481 e. The summed E-state index contributed by atoms with van der Waals surface area (Å²) >= 11 is 0. The molecule has 0 aliphatic heterocycles. The average molecular weight is 278 g/mol. The van der Waals surface area contributed by atoms with Gasteiger partial charge in [-0.15, -0.1) is 0 Å². The summed E-state index contributed by atoms with van der Waals surface area (Å²) in [6, 6.07) is 8.19. The molecule has 2 N–H and O–H groups in total. The molecule has 20 heavy (non-hydrogen) atoms. The zero-order chi connectivity index (χ0) is 15.2. The maximum Gasteiger partial charge on any atom is 0.300 e. The van der Waals surface area contributed by atoms with Crippen molar-refractivity contribution in [3.05, 3.63) is 35.4 Å². The quantitative estimate of drug-likeness (QED) is 0.639. The van der Waals surface area contributed by atoms with E-state index in [1.165, 1.54) is 5.56 Å². The summed E-state index contributed by atoms with van der Waals surface area (Å²) in [6.07, 6.45) is 2.41. The van der Waals surface area contributed by atoms with E-state index in [-0.39, 0.29) is 6.61 Å². The zero-order valence-electron chi connectivity index (χ0n) is 12.1. The van der Waals surface area contributed by atoms with E-state index in [1.807, 2.05) is 12.1 Å². The van der Waals surface area contributed by atoms with Crippen molar-refractivity contribution in [1.82, 2.24) is 0 Å². The lowest BCUT2D eigenvalue weighted by Crippen LogP contribution is -1.94. The predicted molar refractivity (Wildman–Crippen MR) is 78.5 cm³/mol. The first-order valence-electron chi connectivity index (χ1n) is 6.47. The van der Waals surface area contributed by atoms with Crippen molar-refractivity contribution in [2.45, 2.75) is 26.2 Å². The first-order chi connectivity index (χ1) is 9.60. The van der Waals surface area contributed by atoms with E-state index in [4.69, 9.17) is 19.7 Å². The Labute approximate surface area is 120 Å². The van der Waals surface area contributed by atoms with E-state index in [9.17, 15) is 0 Å². The number of hydrogen-bond acceptors (Lipinski definition) is 3. The highest BCUT2D eigenvalue weighted by atomic mass is 16.5. The van der Waals surface area contributed by atoms with Gasteiger partial charge in [0.2, 0.25) is 0 Å². The number of aliphatic hydroxyl groups excluding tert-OH is 1. The van der Waals surface area contributed by atoms with Gasteiger partial charge in [-0.25, -0.2) is 0 Å². The fourth-order valence-electron chi connectivity index (χ4n) is 1.36. The molecule has 0 unspecified atom stereocenters. The van der Waals surface area contributed by atoms with Gasteiger partial charge in [0.1, 0.15) is 0 Å². The molecule has 0 aliphatic rings. The number of rotatable bonds is 5. The smallest absolute Gasteiger partial charge is 0.300 e. The highest BCUT2D eigenvalue weighted by molar-refractivity contribution is 5.62. The van der Waals surface area contributed by atoms with E-state index < -0.39 is 5.97 Å². The van der Waals surface area contributed by atoms with Gasteiger partial charge in [-0.05, 0) is 30.5 Å². The number of carbonyl (C=O) groups is 1. The van der Waals surface area contributed by atoms with Crippen LogP contribution < -0.4 is 0 Å². The minimum Gasteiger partial charge on any atom is -0.481 e. The van der Waals surface area contributed by atoms with Crippen LogP contribution in [0.15, 0.2) is 24.3 Å². The van der Waals surface area contributed by atoms with Crippen molar-refractivity contribution in [3.8, 4) is 11.8 Å². The Kier molecular flexibility index (Phi) is 11.1. The minimum absolute atomic E-state index is 0.211. The normalized spacial score (nSPS) is 8.95. The Bertz CT molecular complexity index is 439. The molecule has 1 aromatic rings. The summed E-state index contributed by atoms with van der Waals surface area (Å²) in [5.41, 5.74) is 2.28. The summed E-state index contributed by atoms with van der Waals surface area (Å²) in [6.45, 7) is 2.03. The van der Waals surface area contributed by atoms with Crippen molar-refractivity contribution in [2.24, 2.45) is 0 Å². The van der Waals surface area contributed by atoms with Crippen LogP contribution in [0.25, 0.3) is 0 Å². The molecule has 110 valence electrons. The van der Waals surface area contributed by atoms with Gasteiger partial charge in [-0.1, -0.05) is 24.0 Å². The molecule has 4 nitrogen and oxygen atoms in total. The number of carboxylic acids is 1. The molecule has 0 aromatic heterocycles. The molecule has 1 aromatic carbocycles. The second kappa shape index (κ2) is 12.2. The van der Waals surface area contributed by atoms with Crippen LogP contribution in [0.4, 0.5) is 0 Å². The first kappa shape index (κ1) is 18.2. The van der Waals surface area contributed by atoms with Gasteiger partial charge in [-0.2, -0.15) is 0 Å². The van der Waals surface area contributed by atoms with Crippen LogP contribution in [0.3, 0.4) is 0 Å². The molecule has 0 atom stereocenters. The van der Waals surface area contributed by atoms with E-state index in [1.54, 1.807) is 7.11 Å². The van der Waals surface area contributed by atoms with Crippen LogP contribution in [0.1, 0.15) is 30.9 Å². The van der Waals surface area contributed by atoms with Crippen molar-refractivity contribution in [3.63, 3.8) is 0 Å². The lowest BCUT2D eigenvalue weighted by Gasteiger charge is -2.00. The molecule has 0 aliphatic carbocycles. The molecule has 0 radical (unpaired) electrons. The van der Waals surface area contributed by atoms with Crippen molar-refractivity contribution in [1.29, 1.82) is 0 Å². The van der Waals surface area contributed by atoms with Gasteiger partial charge in [0.15, 0.2) is 0 Å². The highest BCUT2D eigenvalue weighted by Crippen LogP contribution is 2.05. The molecule has 4 heteroatoms. The molecule has 0 fully saturated rings. The second-order valence-corrected chi connectivity index (χ2v) is 4.09. The second-order valence-electron chi connectivity index (χ2n) is 4.09. The van der Waals surface area contributed by atoms with E-state index in [0.29, 0.717) is 0 Å². The molecule has 0 heterocycles. The number of unbranched alkanes of at least 4 members (excludes halogenated alkanes) is 1. The standard InChI is InChI=1S/C14H18O2.C2H4O2/c1-16-11-9-14-8-5-7-13(12-14)6-3-2-4-10-15;1-2(3)4/h5,7-8,12,15H,2,4,9-11H2,1H3;1H3,(H,3,4). The van der Waals surface area contributed by atoms with Gasteiger partial charge < -0.3 is 14.9 Å². The zero-order valence-corrected chi connectivity index (χ0v) is 12.1. The van der Waals surface area contributed by atoms with Gasteiger partial charge in [-0.3, -0.25) is 4.79 Å². The molecule has 1 rings (SSSR count). The molecule has 0 saturated carbocycles. The van der Waals surface area contributed by atoms with Crippen LogP contribution in [-0.2, 0) is 16.0 Å². The topological polar surface area (TPSA) is 66.8 Å². The Morgan fingerprint density at radius 3 is 2.70 bits per heavy atom. The Morgan fingerprint density at radius 1 is 1.40 bits per heavy atom. The molecular formula is C16H22O4. The summed E-state index contributed by atoms with van der Waals surface area (Å²) in [4.78, 5) is 9.00. The number of aliphatic hydroxyl groups is 1. The van der Waals surface area contributed by atoms with Crippen LogP contribution in [0.5, 0.6) is 0 Å². The number of carboxylic acid groups (broad SMARTS) is 1. The third-order valence-electron chi connectivity index (χ3n) is 2.21. The van der Waals surface area contributed by atoms with Crippen molar-refractivity contribution in [2.75, 3.05) is 20.3 Å². The summed E-state index contributed by atoms with van der Waals surface area (Å²) in [7, 11) is 1.71. The molecule has 0 amide bonds. The van der Waals surface area contributed by atoms with Gasteiger partial charge in [0.05, 0.1) is 6.61 Å². The molecular weight excluding hydrogens is 256 g/mol. The predicted octanol–water partition coefficient (Wildman–Crippen LogP) is 2.09. The van der Waals surface area contributed by atoms with E-state index >= 15 is 0 Å². The number of benzene rings is 1. The van der Waals surface area contributed by atoms with Crippen molar-refractivity contribution < 1.29 is 19.7 Å². The highest BCUT2D eigenvalue weighted by Gasteiger charge is 1.93.